The molecule has 0 unspecified atom stereocenters. The van der Waals surface area contributed by atoms with E-state index in [0.29, 0.717) is 11.4 Å². The van der Waals surface area contributed by atoms with Crippen molar-refractivity contribution in [1.82, 2.24) is 0 Å². The van der Waals surface area contributed by atoms with Crippen LogP contribution in [0.1, 0.15) is 38.2 Å². The van der Waals surface area contributed by atoms with Crippen molar-refractivity contribution in [3.05, 3.63) is 17.7 Å². The number of anilines is 2. The second-order valence-corrected chi connectivity index (χ2v) is 7.95. The highest BCUT2D eigenvalue weighted by Gasteiger charge is 2.43. The highest BCUT2D eigenvalue weighted by atomic mass is 28.4. The maximum atomic E-state index is 6.20. The summed E-state index contributed by atoms with van der Waals surface area (Å²) >= 11 is 0. The molecule has 0 saturated carbocycles. The van der Waals surface area contributed by atoms with Crippen LogP contribution in [0.25, 0.3) is 0 Å². The van der Waals surface area contributed by atoms with Gasteiger partial charge in [0, 0.05) is 26.5 Å². The summed E-state index contributed by atoms with van der Waals surface area (Å²) in [7, 11) is 1.75. The van der Waals surface area contributed by atoms with Gasteiger partial charge in [-0.2, -0.15) is 0 Å². The van der Waals surface area contributed by atoms with Crippen LogP contribution in [0.4, 0.5) is 11.4 Å². The standard InChI is InChI=1S/C15H28N2O3Si/c1-5-6-7-8-9-12-10-11-13(15(17)14(12)16)21(18-2,19-3)20-4/h10-11H,5-9,16-17H2,1-4H3. The van der Waals surface area contributed by atoms with Gasteiger partial charge < -0.3 is 24.7 Å². The Hall–Kier alpha value is -1.08. The van der Waals surface area contributed by atoms with Gasteiger partial charge in [0.15, 0.2) is 0 Å². The summed E-state index contributed by atoms with van der Waals surface area (Å²) in [4.78, 5) is 0. The Bertz CT molecular complexity index is 443. The number of nitrogen functional groups attached to an aromatic ring is 2. The van der Waals surface area contributed by atoms with Gasteiger partial charge in [-0.3, -0.25) is 0 Å². The number of rotatable bonds is 9. The molecule has 1 aromatic rings. The third-order valence-corrected chi connectivity index (χ3v) is 6.52. The molecule has 0 saturated heterocycles. The Morgan fingerprint density at radius 1 is 0.905 bits per heavy atom. The zero-order chi connectivity index (χ0) is 15.9. The fourth-order valence-corrected chi connectivity index (χ4v) is 4.40. The SMILES string of the molecule is CCCCCCc1ccc([Si](OC)(OC)OC)c(N)c1N. The largest absolute Gasteiger partial charge is 0.538 e. The molecule has 0 fully saturated rings. The van der Waals surface area contributed by atoms with Crippen molar-refractivity contribution in [3.63, 3.8) is 0 Å². The number of unbranched alkanes of at least 4 members (excludes halogenated alkanes) is 3. The van der Waals surface area contributed by atoms with E-state index in [2.05, 4.69) is 6.92 Å². The van der Waals surface area contributed by atoms with E-state index in [1.54, 1.807) is 21.3 Å². The lowest BCUT2D eigenvalue weighted by atomic mass is 10.0. The average Bonchev–Trinajstić information content (AvgIpc) is 2.51. The third kappa shape index (κ3) is 3.97. The Labute approximate surface area is 128 Å². The normalized spacial score (nSPS) is 11.8. The van der Waals surface area contributed by atoms with Gasteiger partial charge in [-0.1, -0.05) is 38.3 Å². The maximum absolute atomic E-state index is 6.20. The third-order valence-electron chi connectivity index (χ3n) is 3.81. The molecule has 21 heavy (non-hydrogen) atoms. The molecule has 0 bridgehead atoms. The van der Waals surface area contributed by atoms with Gasteiger partial charge >= 0.3 is 8.80 Å². The van der Waals surface area contributed by atoms with E-state index >= 15 is 0 Å². The minimum atomic E-state index is -2.94. The molecule has 6 heteroatoms. The molecule has 4 N–H and O–H groups in total. The zero-order valence-electron chi connectivity index (χ0n) is 13.6. The molecule has 0 radical (unpaired) electrons. The molecule has 0 aliphatic heterocycles. The molecule has 0 atom stereocenters. The highest BCUT2D eigenvalue weighted by Crippen LogP contribution is 2.23. The lowest BCUT2D eigenvalue weighted by Gasteiger charge is -2.26. The van der Waals surface area contributed by atoms with Crippen molar-refractivity contribution in [2.24, 2.45) is 0 Å². The van der Waals surface area contributed by atoms with Crippen LogP contribution >= 0.6 is 0 Å². The van der Waals surface area contributed by atoms with Gasteiger partial charge in [0.2, 0.25) is 0 Å². The molecule has 0 aromatic heterocycles. The fourth-order valence-electron chi connectivity index (χ4n) is 2.49. The number of hydrogen-bond donors (Lipinski definition) is 2. The van der Waals surface area contributed by atoms with Crippen LogP contribution in [-0.2, 0) is 19.7 Å². The van der Waals surface area contributed by atoms with E-state index in [0.717, 1.165) is 23.6 Å². The summed E-state index contributed by atoms with van der Waals surface area (Å²) in [6.45, 7) is 2.20. The van der Waals surface area contributed by atoms with Crippen LogP contribution in [0.5, 0.6) is 0 Å². The van der Waals surface area contributed by atoms with Gasteiger partial charge in [0.1, 0.15) is 0 Å². The molecule has 0 spiro atoms. The van der Waals surface area contributed by atoms with Crippen molar-refractivity contribution in [2.75, 3.05) is 32.8 Å². The second kappa shape index (κ2) is 8.38. The topological polar surface area (TPSA) is 79.7 Å². The summed E-state index contributed by atoms with van der Waals surface area (Å²) in [6, 6.07) is 3.93. The van der Waals surface area contributed by atoms with Crippen LogP contribution in [0.2, 0.25) is 0 Å². The summed E-state index contributed by atoms with van der Waals surface area (Å²) in [5, 5.41) is 0.727. The monoisotopic (exact) mass is 312 g/mol. The van der Waals surface area contributed by atoms with Gasteiger partial charge in [-0.05, 0) is 18.4 Å². The number of aryl methyl sites for hydroxylation is 1. The van der Waals surface area contributed by atoms with E-state index in [4.69, 9.17) is 24.7 Å². The van der Waals surface area contributed by atoms with Crippen molar-refractivity contribution >= 4 is 25.4 Å². The van der Waals surface area contributed by atoms with Gasteiger partial charge in [-0.25, -0.2) is 0 Å². The summed E-state index contributed by atoms with van der Waals surface area (Å²) in [6.07, 6.45) is 5.75. The van der Waals surface area contributed by atoms with E-state index in [-0.39, 0.29) is 0 Å². The molecule has 0 amide bonds. The second-order valence-electron chi connectivity index (χ2n) is 5.08. The van der Waals surface area contributed by atoms with Crippen molar-refractivity contribution < 1.29 is 13.3 Å². The lowest BCUT2D eigenvalue weighted by Crippen LogP contribution is -2.55. The molecule has 5 nitrogen and oxygen atoms in total. The summed E-state index contributed by atoms with van der Waals surface area (Å²) in [5.41, 5.74) is 14.6. The Morgan fingerprint density at radius 3 is 2.05 bits per heavy atom. The van der Waals surface area contributed by atoms with E-state index in [1.807, 2.05) is 12.1 Å². The predicted molar refractivity (Wildman–Crippen MR) is 89.5 cm³/mol. The predicted octanol–water partition coefficient (Wildman–Crippen LogP) is 2.06. The first-order valence-electron chi connectivity index (χ1n) is 7.39. The molecule has 1 rings (SSSR count). The van der Waals surface area contributed by atoms with E-state index in [9.17, 15) is 0 Å². The molecule has 1 aromatic carbocycles. The molecular formula is C15H28N2O3Si. The minimum absolute atomic E-state index is 0.514. The average molecular weight is 312 g/mol. The number of benzene rings is 1. The lowest BCUT2D eigenvalue weighted by molar-refractivity contribution is 0.140. The van der Waals surface area contributed by atoms with Crippen LogP contribution < -0.4 is 16.7 Å². The van der Waals surface area contributed by atoms with Crippen molar-refractivity contribution in [2.45, 2.75) is 39.0 Å². The quantitative estimate of drug-likeness (QED) is 0.414. The van der Waals surface area contributed by atoms with Crippen molar-refractivity contribution in [1.29, 1.82) is 0 Å². The van der Waals surface area contributed by atoms with Gasteiger partial charge in [0.05, 0.1) is 11.4 Å². The maximum Gasteiger partial charge on any atom is 0.538 e. The Morgan fingerprint density at radius 2 is 1.52 bits per heavy atom. The number of nitrogens with two attached hydrogens (primary N) is 2. The Kier molecular flexibility index (Phi) is 7.17. The number of hydrogen-bond acceptors (Lipinski definition) is 5. The first-order chi connectivity index (χ1) is 10.1. The highest BCUT2D eigenvalue weighted by molar-refractivity contribution is 6.76. The smallest absolute Gasteiger partial charge is 0.397 e. The zero-order valence-corrected chi connectivity index (χ0v) is 14.6. The Balaban J connectivity index is 2.99. The van der Waals surface area contributed by atoms with E-state index in [1.165, 1.54) is 19.3 Å². The van der Waals surface area contributed by atoms with Gasteiger partial charge in [-0.15, -0.1) is 0 Å². The van der Waals surface area contributed by atoms with Crippen LogP contribution in [0, 0.1) is 0 Å². The van der Waals surface area contributed by atoms with Gasteiger partial charge in [0.25, 0.3) is 0 Å². The fraction of sp³-hybridized carbons (Fsp3) is 0.600. The summed E-state index contributed by atoms with van der Waals surface area (Å²) < 4.78 is 16.4. The van der Waals surface area contributed by atoms with Crippen molar-refractivity contribution in [3.8, 4) is 0 Å². The first-order valence-corrected chi connectivity index (χ1v) is 9.11. The molecule has 0 aliphatic rings. The van der Waals surface area contributed by atoms with Crippen LogP contribution in [-0.4, -0.2) is 30.1 Å². The molecular weight excluding hydrogens is 284 g/mol. The molecule has 120 valence electrons. The molecule has 0 heterocycles. The first kappa shape index (κ1) is 18.0. The van der Waals surface area contributed by atoms with Crippen LogP contribution in [0.15, 0.2) is 12.1 Å². The van der Waals surface area contributed by atoms with Crippen LogP contribution in [0.3, 0.4) is 0 Å². The summed E-state index contributed by atoms with van der Waals surface area (Å²) in [5.74, 6) is 0. The minimum Gasteiger partial charge on any atom is -0.397 e. The van der Waals surface area contributed by atoms with E-state index < -0.39 is 8.80 Å². The molecule has 0 aliphatic carbocycles.